The Morgan fingerprint density at radius 1 is 1.04 bits per heavy atom. The predicted molar refractivity (Wildman–Crippen MR) is 97.4 cm³/mol. The van der Waals surface area contributed by atoms with Crippen molar-refractivity contribution in [1.29, 1.82) is 0 Å². The molecular weight excluding hydrogens is 371 g/mol. The molecule has 4 rings (SSSR count). The first kappa shape index (κ1) is 17.8. The number of nitrogens with zero attached hydrogens (tertiary/aromatic N) is 5. The Balaban J connectivity index is 1.74. The van der Waals surface area contributed by atoms with Crippen molar-refractivity contribution >= 4 is 17.2 Å². The van der Waals surface area contributed by atoms with Gasteiger partial charge in [-0.3, -0.25) is 4.98 Å². The molecular formula is C19H14F3N5O. The minimum atomic E-state index is -4.75. The normalized spacial score (nSPS) is 11.6. The van der Waals surface area contributed by atoms with E-state index in [4.69, 9.17) is 0 Å². The van der Waals surface area contributed by atoms with Crippen molar-refractivity contribution in [2.24, 2.45) is 0 Å². The summed E-state index contributed by atoms with van der Waals surface area (Å²) in [7, 11) is 1.86. The maximum absolute atomic E-state index is 12.5. The topological polar surface area (TPSA) is 55.5 Å². The van der Waals surface area contributed by atoms with Gasteiger partial charge in [0.25, 0.3) is 0 Å². The molecule has 0 aliphatic carbocycles. The van der Waals surface area contributed by atoms with Gasteiger partial charge in [-0.05, 0) is 36.4 Å². The molecule has 0 radical (unpaired) electrons. The van der Waals surface area contributed by atoms with Crippen molar-refractivity contribution in [3.63, 3.8) is 0 Å². The van der Waals surface area contributed by atoms with Crippen molar-refractivity contribution in [2.45, 2.75) is 6.36 Å². The van der Waals surface area contributed by atoms with Gasteiger partial charge in [-0.2, -0.15) is 0 Å². The largest absolute Gasteiger partial charge is 0.573 e. The molecule has 6 nitrogen and oxygen atoms in total. The van der Waals surface area contributed by atoms with Gasteiger partial charge in [-0.15, -0.1) is 18.3 Å². The van der Waals surface area contributed by atoms with Gasteiger partial charge in [0.05, 0.1) is 11.9 Å². The van der Waals surface area contributed by atoms with Crippen LogP contribution in [0.1, 0.15) is 0 Å². The molecule has 28 heavy (non-hydrogen) atoms. The third-order valence-electron chi connectivity index (χ3n) is 4.11. The van der Waals surface area contributed by atoms with E-state index >= 15 is 0 Å². The molecule has 0 fully saturated rings. The number of halogens is 3. The Labute approximate surface area is 157 Å². The van der Waals surface area contributed by atoms with Crippen LogP contribution < -0.4 is 9.64 Å². The Bertz CT molecular complexity index is 1110. The van der Waals surface area contributed by atoms with Crippen LogP contribution in [0, 0.1) is 0 Å². The van der Waals surface area contributed by atoms with E-state index in [1.54, 1.807) is 35.2 Å². The maximum Gasteiger partial charge on any atom is 0.573 e. The fraction of sp³-hybridized carbons (Fsp3) is 0.105. The zero-order chi connectivity index (χ0) is 19.7. The number of imidazole rings is 1. The number of alkyl halides is 3. The predicted octanol–water partition coefficient (Wildman–Crippen LogP) is 4.46. The number of aromatic nitrogens is 4. The Morgan fingerprint density at radius 3 is 2.57 bits per heavy atom. The summed E-state index contributed by atoms with van der Waals surface area (Å²) in [5.41, 5.74) is 2.52. The quantitative estimate of drug-likeness (QED) is 0.519. The van der Waals surface area contributed by atoms with E-state index in [0.29, 0.717) is 22.7 Å². The highest BCUT2D eigenvalue weighted by atomic mass is 19.4. The average Bonchev–Trinajstić information content (AvgIpc) is 3.10. The number of anilines is 2. The highest BCUT2D eigenvalue weighted by Crippen LogP contribution is 2.29. The summed E-state index contributed by atoms with van der Waals surface area (Å²) in [5.74, 6) is 0.339. The van der Waals surface area contributed by atoms with Crippen molar-refractivity contribution in [3.05, 3.63) is 67.1 Å². The highest BCUT2D eigenvalue weighted by Gasteiger charge is 2.31. The molecule has 0 aliphatic heterocycles. The molecule has 0 saturated heterocycles. The summed E-state index contributed by atoms with van der Waals surface area (Å²) in [6, 6.07) is 13.0. The number of hydrogen-bond acceptors (Lipinski definition) is 5. The smallest absolute Gasteiger partial charge is 0.406 e. The molecule has 0 amide bonds. The highest BCUT2D eigenvalue weighted by molar-refractivity contribution is 5.66. The van der Waals surface area contributed by atoms with E-state index in [9.17, 15) is 13.2 Å². The van der Waals surface area contributed by atoms with Crippen LogP contribution in [0.4, 0.5) is 24.7 Å². The first-order valence-corrected chi connectivity index (χ1v) is 8.25. The van der Waals surface area contributed by atoms with Crippen LogP contribution in [0.5, 0.6) is 5.75 Å². The fourth-order valence-electron chi connectivity index (χ4n) is 2.79. The van der Waals surface area contributed by atoms with Crippen LogP contribution in [0.25, 0.3) is 16.9 Å². The van der Waals surface area contributed by atoms with E-state index in [-0.39, 0.29) is 5.75 Å². The minimum Gasteiger partial charge on any atom is -0.406 e. The molecule has 0 atom stereocenters. The SMILES string of the molecule is CN(c1ccncc1)c1ccc2ncc(-c3cccc(OC(F)(F)F)c3)n2n1. The van der Waals surface area contributed by atoms with Crippen molar-refractivity contribution in [1.82, 2.24) is 19.6 Å². The molecule has 142 valence electrons. The summed E-state index contributed by atoms with van der Waals surface area (Å²) in [5, 5.41) is 4.59. The van der Waals surface area contributed by atoms with Gasteiger partial charge in [0.2, 0.25) is 0 Å². The van der Waals surface area contributed by atoms with Crippen LogP contribution in [0.15, 0.2) is 67.1 Å². The Kier molecular flexibility index (Phi) is 4.34. The summed E-state index contributed by atoms with van der Waals surface area (Å²) in [6.45, 7) is 0. The lowest BCUT2D eigenvalue weighted by molar-refractivity contribution is -0.274. The summed E-state index contributed by atoms with van der Waals surface area (Å²) < 4.78 is 43.1. The molecule has 0 unspecified atom stereocenters. The van der Waals surface area contributed by atoms with Crippen LogP contribution in [0.2, 0.25) is 0 Å². The third kappa shape index (κ3) is 3.59. The maximum atomic E-state index is 12.5. The van der Waals surface area contributed by atoms with Crippen molar-refractivity contribution < 1.29 is 17.9 Å². The number of benzene rings is 1. The van der Waals surface area contributed by atoms with Crippen LogP contribution in [-0.4, -0.2) is 33.0 Å². The second kappa shape index (κ2) is 6.84. The second-order valence-corrected chi connectivity index (χ2v) is 5.95. The zero-order valence-corrected chi connectivity index (χ0v) is 14.6. The fourth-order valence-corrected chi connectivity index (χ4v) is 2.79. The van der Waals surface area contributed by atoms with Gasteiger partial charge in [0.1, 0.15) is 5.75 Å². The number of ether oxygens (including phenoxy) is 1. The lowest BCUT2D eigenvalue weighted by Crippen LogP contribution is -2.17. The Morgan fingerprint density at radius 2 is 1.82 bits per heavy atom. The van der Waals surface area contributed by atoms with Gasteiger partial charge < -0.3 is 9.64 Å². The number of fused-ring (bicyclic) bond motifs is 1. The van der Waals surface area contributed by atoms with Gasteiger partial charge in [0.15, 0.2) is 11.5 Å². The molecule has 1 aromatic carbocycles. The van der Waals surface area contributed by atoms with Crippen LogP contribution in [-0.2, 0) is 0 Å². The van der Waals surface area contributed by atoms with Gasteiger partial charge in [0, 0.05) is 30.7 Å². The van der Waals surface area contributed by atoms with E-state index in [1.807, 2.05) is 30.1 Å². The molecule has 0 spiro atoms. The molecule has 4 aromatic rings. The monoisotopic (exact) mass is 385 g/mol. The summed E-state index contributed by atoms with van der Waals surface area (Å²) >= 11 is 0. The average molecular weight is 385 g/mol. The van der Waals surface area contributed by atoms with Crippen molar-refractivity contribution in [2.75, 3.05) is 11.9 Å². The van der Waals surface area contributed by atoms with Gasteiger partial charge in [-0.25, -0.2) is 9.50 Å². The van der Waals surface area contributed by atoms with E-state index in [0.717, 1.165) is 5.69 Å². The van der Waals surface area contributed by atoms with E-state index < -0.39 is 6.36 Å². The third-order valence-corrected chi connectivity index (χ3v) is 4.11. The zero-order valence-electron chi connectivity index (χ0n) is 14.6. The van der Waals surface area contributed by atoms with Gasteiger partial charge >= 0.3 is 6.36 Å². The number of rotatable bonds is 4. The van der Waals surface area contributed by atoms with Gasteiger partial charge in [-0.1, -0.05) is 12.1 Å². The van der Waals surface area contributed by atoms with Crippen molar-refractivity contribution in [3.8, 4) is 17.0 Å². The number of hydrogen-bond donors (Lipinski definition) is 0. The van der Waals surface area contributed by atoms with Crippen LogP contribution >= 0.6 is 0 Å². The molecule has 0 aliphatic rings. The lowest BCUT2D eigenvalue weighted by atomic mass is 10.1. The molecule has 0 bridgehead atoms. The minimum absolute atomic E-state index is 0.301. The van der Waals surface area contributed by atoms with E-state index in [1.165, 1.54) is 18.2 Å². The molecule has 0 saturated carbocycles. The Hall–Kier alpha value is -3.62. The molecule has 3 aromatic heterocycles. The number of pyridine rings is 1. The summed E-state index contributed by atoms with van der Waals surface area (Å²) in [4.78, 5) is 10.1. The standard InChI is InChI=1S/C19H14F3N5O/c1-26(14-7-9-23-10-8-14)18-6-5-17-24-12-16(27(17)25-18)13-3-2-4-15(11-13)28-19(20,21)22/h2-12H,1H3. The molecule has 9 heteroatoms. The first-order chi connectivity index (χ1) is 13.4. The molecule has 3 heterocycles. The summed E-state index contributed by atoms with van der Waals surface area (Å²) in [6.07, 6.45) is 0.167. The van der Waals surface area contributed by atoms with Crippen LogP contribution in [0.3, 0.4) is 0 Å². The molecule has 0 N–H and O–H groups in total. The lowest BCUT2D eigenvalue weighted by Gasteiger charge is -2.18. The second-order valence-electron chi connectivity index (χ2n) is 5.95. The first-order valence-electron chi connectivity index (χ1n) is 8.25. The van der Waals surface area contributed by atoms with E-state index in [2.05, 4.69) is 19.8 Å².